The summed E-state index contributed by atoms with van der Waals surface area (Å²) in [6.45, 7) is 1.65. The third-order valence-electron chi connectivity index (χ3n) is 4.79. The quantitative estimate of drug-likeness (QED) is 0.727. The van der Waals surface area contributed by atoms with Crippen LogP contribution in [0.15, 0.2) is 42.5 Å². The summed E-state index contributed by atoms with van der Waals surface area (Å²) in [6, 6.07) is 12.2. The Hall–Kier alpha value is -2.86. The average molecular weight is 401 g/mol. The number of methoxy groups -OCH3 is 1. The molecule has 0 aliphatic heterocycles. The normalized spacial score (nSPS) is 14.1. The van der Waals surface area contributed by atoms with Gasteiger partial charge in [-0.05, 0) is 54.3 Å². The number of carbonyl (C=O) groups excluding carboxylic acids is 3. The lowest BCUT2D eigenvalue weighted by molar-refractivity contribution is -0.119. The Kier molecular flexibility index (Phi) is 5.70. The van der Waals surface area contributed by atoms with Gasteiger partial charge in [-0.25, -0.2) is 4.79 Å². The van der Waals surface area contributed by atoms with Crippen LogP contribution in [0, 0.1) is 0 Å². The number of halogens is 1. The Morgan fingerprint density at radius 2 is 1.79 bits per heavy atom. The van der Waals surface area contributed by atoms with E-state index < -0.39 is 11.4 Å². The van der Waals surface area contributed by atoms with Crippen molar-refractivity contribution < 1.29 is 19.1 Å². The van der Waals surface area contributed by atoms with Crippen molar-refractivity contribution in [2.24, 2.45) is 0 Å². The van der Waals surface area contributed by atoms with Gasteiger partial charge in [0.05, 0.1) is 18.1 Å². The van der Waals surface area contributed by atoms with Gasteiger partial charge in [-0.1, -0.05) is 23.7 Å². The van der Waals surface area contributed by atoms with Gasteiger partial charge in [0.15, 0.2) is 0 Å². The number of esters is 1. The minimum Gasteiger partial charge on any atom is -0.465 e. The zero-order valence-electron chi connectivity index (χ0n) is 15.7. The van der Waals surface area contributed by atoms with Gasteiger partial charge in [-0.3, -0.25) is 9.59 Å². The molecule has 0 radical (unpaired) electrons. The van der Waals surface area contributed by atoms with Crippen LogP contribution in [-0.4, -0.2) is 24.9 Å². The van der Waals surface area contributed by atoms with E-state index in [0.29, 0.717) is 21.8 Å². The van der Waals surface area contributed by atoms with Crippen LogP contribution in [0.3, 0.4) is 0 Å². The van der Waals surface area contributed by atoms with Gasteiger partial charge in [-0.2, -0.15) is 0 Å². The van der Waals surface area contributed by atoms with Crippen molar-refractivity contribution in [3.8, 4) is 0 Å². The van der Waals surface area contributed by atoms with Crippen molar-refractivity contribution in [1.82, 2.24) is 5.32 Å². The molecule has 1 aliphatic rings. The van der Waals surface area contributed by atoms with E-state index in [4.69, 9.17) is 16.3 Å². The Morgan fingerprint density at radius 3 is 2.36 bits per heavy atom. The van der Waals surface area contributed by atoms with Crippen molar-refractivity contribution in [1.29, 1.82) is 0 Å². The number of nitrogens with one attached hydrogen (secondary N) is 2. The zero-order valence-corrected chi connectivity index (χ0v) is 16.4. The molecule has 0 saturated heterocycles. The minimum atomic E-state index is -0.580. The second kappa shape index (κ2) is 8.02. The molecule has 2 N–H and O–H groups in total. The summed E-state index contributed by atoms with van der Waals surface area (Å²) in [4.78, 5) is 36.1. The number of benzene rings is 2. The summed E-state index contributed by atoms with van der Waals surface area (Å²) in [5, 5.41) is 6.22. The fourth-order valence-corrected chi connectivity index (χ4v) is 3.25. The number of anilines is 1. The second-order valence-corrected chi connectivity index (χ2v) is 7.30. The predicted molar refractivity (Wildman–Crippen MR) is 106 cm³/mol. The van der Waals surface area contributed by atoms with Crippen molar-refractivity contribution in [2.45, 2.75) is 31.7 Å². The van der Waals surface area contributed by atoms with E-state index in [9.17, 15) is 14.4 Å². The van der Waals surface area contributed by atoms with Crippen LogP contribution < -0.4 is 10.6 Å². The zero-order chi connectivity index (χ0) is 20.3. The maximum atomic E-state index is 13.0. The van der Waals surface area contributed by atoms with Gasteiger partial charge in [0, 0.05) is 24.2 Å². The summed E-state index contributed by atoms with van der Waals surface area (Å²) in [7, 11) is 1.29. The van der Waals surface area contributed by atoms with Gasteiger partial charge in [0.25, 0.3) is 0 Å². The standard InChI is InChI=1S/C21H21ClN2O4/c1-13(25)23-12-14-9-15(19(26)28-2)11-18(10-14)24-20(27)21(7-8-21)16-3-5-17(22)6-4-16/h3-6,9-11H,7-8,12H2,1-2H3,(H,23,25)(H,24,27). The molecule has 2 aromatic rings. The highest BCUT2D eigenvalue weighted by Crippen LogP contribution is 2.49. The summed E-state index contributed by atoms with van der Waals surface area (Å²) in [5.74, 6) is -0.838. The van der Waals surface area contributed by atoms with Crippen LogP contribution in [0.2, 0.25) is 5.02 Å². The number of amides is 2. The Bertz CT molecular complexity index is 921. The van der Waals surface area contributed by atoms with Crippen molar-refractivity contribution in [3.63, 3.8) is 0 Å². The van der Waals surface area contributed by atoms with Crippen molar-refractivity contribution in [2.75, 3.05) is 12.4 Å². The highest BCUT2D eigenvalue weighted by atomic mass is 35.5. The molecule has 28 heavy (non-hydrogen) atoms. The maximum Gasteiger partial charge on any atom is 0.337 e. The highest BCUT2D eigenvalue weighted by Gasteiger charge is 2.51. The first kappa shape index (κ1) is 19.9. The summed E-state index contributed by atoms with van der Waals surface area (Å²) < 4.78 is 4.79. The number of hydrogen-bond acceptors (Lipinski definition) is 4. The lowest BCUT2D eigenvalue weighted by Gasteiger charge is -2.17. The summed E-state index contributed by atoms with van der Waals surface area (Å²) >= 11 is 5.95. The van der Waals surface area contributed by atoms with E-state index in [1.54, 1.807) is 30.3 Å². The number of rotatable bonds is 6. The SMILES string of the molecule is COC(=O)c1cc(CNC(C)=O)cc(NC(=O)C2(c3ccc(Cl)cc3)CC2)c1. The molecule has 1 fully saturated rings. The van der Waals surface area contributed by atoms with Crippen LogP contribution in [-0.2, 0) is 26.3 Å². The molecule has 0 aromatic heterocycles. The Balaban J connectivity index is 1.84. The van der Waals surface area contributed by atoms with Gasteiger partial charge in [-0.15, -0.1) is 0 Å². The number of hydrogen-bond donors (Lipinski definition) is 2. The topological polar surface area (TPSA) is 84.5 Å². The lowest BCUT2D eigenvalue weighted by Crippen LogP contribution is -2.28. The van der Waals surface area contributed by atoms with Crippen molar-refractivity contribution in [3.05, 3.63) is 64.2 Å². The molecular weight excluding hydrogens is 380 g/mol. The lowest BCUT2D eigenvalue weighted by atomic mass is 9.95. The molecule has 0 unspecified atom stereocenters. The fraction of sp³-hybridized carbons (Fsp3) is 0.286. The molecule has 0 spiro atoms. The number of ether oxygens (including phenoxy) is 1. The fourth-order valence-electron chi connectivity index (χ4n) is 3.12. The van der Waals surface area contributed by atoms with Gasteiger partial charge < -0.3 is 15.4 Å². The van der Waals surface area contributed by atoms with Crippen molar-refractivity contribution >= 4 is 35.1 Å². The van der Waals surface area contributed by atoms with E-state index in [-0.39, 0.29) is 18.4 Å². The monoisotopic (exact) mass is 400 g/mol. The molecular formula is C21H21ClN2O4. The molecule has 3 rings (SSSR count). The third kappa shape index (κ3) is 4.34. The van der Waals surface area contributed by atoms with E-state index in [2.05, 4.69) is 10.6 Å². The molecule has 1 saturated carbocycles. The van der Waals surface area contributed by atoms with E-state index in [1.807, 2.05) is 12.1 Å². The smallest absolute Gasteiger partial charge is 0.337 e. The largest absolute Gasteiger partial charge is 0.465 e. The first-order chi connectivity index (χ1) is 13.3. The van der Waals surface area contributed by atoms with Gasteiger partial charge in [0.1, 0.15) is 0 Å². The molecule has 2 aromatic carbocycles. The first-order valence-electron chi connectivity index (χ1n) is 8.88. The van der Waals surface area contributed by atoms with Crippen LogP contribution in [0.1, 0.15) is 41.3 Å². The minimum absolute atomic E-state index is 0.137. The number of carbonyl (C=O) groups is 3. The predicted octanol–water partition coefficient (Wildman–Crippen LogP) is 3.43. The molecule has 7 heteroatoms. The van der Waals surface area contributed by atoms with Crippen LogP contribution in [0.4, 0.5) is 5.69 Å². The van der Waals surface area contributed by atoms with E-state index in [1.165, 1.54) is 14.0 Å². The molecule has 1 aliphatic carbocycles. The highest BCUT2D eigenvalue weighted by molar-refractivity contribution is 6.30. The van der Waals surface area contributed by atoms with Crippen LogP contribution in [0.25, 0.3) is 0 Å². The molecule has 2 amide bonds. The average Bonchev–Trinajstić information content (AvgIpc) is 3.48. The van der Waals surface area contributed by atoms with Gasteiger partial charge >= 0.3 is 5.97 Å². The van der Waals surface area contributed by atoms with E-state index >= 15 is 0 Å². The molecule has 0 heterocycles. The third-order valence-corrected chi connectivity index (χ3v) is 5.05. The summed E-state index contributed by atoms with van der Waals surface area (Å²) in [6.07, 6.45) is 1.49. The van der Waals surface area contributed by atoms with Crippen LogP contribution >= 0.6 is 11.6 Å². The molecule has 0 bridgehead atoms. The molecule has 0 atom stereocenters. The first-order valence-corrected chi connectivity index (χ1v) is 9.26. The van der Waals surface area contributed by atoms with Crippen LogP contribution in [0.5, 0.6) is 0 Å². The summed E-state index contributed by atoms with van der Waals surface area (Å²) in [5.41, 5.74) is 1.80. The Morgan fingerprint density at radius 1 is 1.11 bits per heavy atom. The molecule has 146 valence electrons. The molecule has 6 nitrogen and oxygen atoms in total. The van der Waals surface area contributed by atoms with Gasteiger partial charge in [0.2, 0.25) is 11.8 Å². The second-order valence-electron chi connectivity index (χ2n) is 6.86. The Labute approximate surface area is 168 Å². The van der Waals surface area contributed by atoms with E-state index in [0.717, 1.165) is 18.4 Å². The maximum absolute atomic E-state index is 13.0.